The Morgan fingerprint density at radius 3 is 2.44 bits per heavy atom. The summed E-state index contributed by atoms with van der Waals surface area (Å²) in [7, 11) is 1.39. The minimum atomic E-state index is -2.03. The normalized spacial score (nSPS) is 23.0. The molecule has 1 aliphatic rings. The van der Waals surface area contributed by atoms with E-state index in [1.54, 1.807) is 0 Å². The second kappa shape index (κ2) is 10.4. The molecule has 0 radical (unpaired) electrons. The molecule has 0 aromatic heterocycles. The van der Waals surface area contributed by atoms with Crippen molar-refractivity contribution in [2.45, 2.75) is 83.4 Å². The van der Waals surface area contributed by atoms with Crippen LogP contribution in [0.4, 0.5) is 0 Å². The van der Waals surface area contributed by atoms with Crippen LogP contribution in [-0.4, -0.2) is 53.1 Å². The number of hydrogen-bond donors (Lipinski definition) is 3. The van der Waals surface area contributed by atoms with Crippen LogP contribution in [0.3, 0.4) is 0 Å². The number of nitrogens with one attached hydrogen (secondary N) is 2. The van der Waals surface area contributed by atoms with Gasteiger partial charge in [0.15, 0.2) is 0 Å². The topological polar surface area (TPSA) is 98.7 Å². The summed E-state index contributed by atoms with van der Waals surface area (Å²) in [5.74, 6) is -1.23. The van der Waals surface area contributed by atoms with E-state index in [-0.39, 0.29) is 18.2 Å². The smallest absolute Gasteiger partial charge is 0.275 e. The SMILES string of the molecule is CCCCCCCC(=O)N[C@@H]1CC(=O)N(C)C1(O)C(=O)NCCCC. The summed E-state index contributed by atoms with van der Waals surface area (Å²) >= 11 is 0. The van der Waals surface area contributed by atoms with E-state index >= 15 is 0 Å². The van der Waals surface area contributed by atoms with Gasteiger partial charge in [-0.1, -0.05) is 46.0 Å². The summed E-state index contributed by atoms with van der Waals surface area (Å²) in [4.78, 5) is 37.6. The Morgan fingerprint density at radius 1 is 1.16 bits per heavy atom. The average molecular weight is 355 g/mol. The molecule has 0 aliphatic carbocycles. The van der Waals surface area contributed by atoms with Crippen LogP contribution in [0.5, 0.6) is 0 Å². The summed E-state index contributed by atoms with van der Waals surface area (Å²) in [6.45, 7) is 4.56. The molecule has 0 aromatic rings. The minimum Gasteiger partial charge on any atom is -0.361 e. The van der Waals surface area contributed by atoms with E-state index in [9.17, 15) is 19.5 Å². The number of likely N-dealkylation sites (tertiary alicyclic amines) is 1. The van der Waals surface area contributed by atoms with Crippen molar-refractivity contribution >= 4 is 17.7 Å². The number of nitrogens with zero attached hydrogens (tertiary/aromatic N) is 1. The fourth-order valence-electron chi connectivity index (χ4n) is 3.00. The Labute approximate surface area is 150 Å². The van der Waals surface area contributed by atoms with Crippen LogP contribution in [0.1, 0.15) is 71.6 Å². The third-order valence-electron chi connectivity index (χ3n) is 4.74. The maximum absolute atomic E-state index is 12.4. The molecule has 1 heterocycles. The number of rotatable bonds is 11. The first kappa shape index (κ1) is 21.4. The van der Waals surface area contributed by atoms with Gasteiger partial charge in [-0.05, 0) is 12.8 Å². The van der Waals surface area contributed by atoms with Crippen molar-refractivity contribution in [1.29, 1.82) is 0 Å². The van der Waals surface area contributed by atoms with Crippen molar-refractivity contribution in [3.8, 4) is 0 Å². The Morgan fingerprint density at radius 2 is 1.80 bits per heavy atom. The summed E-state index contributed by atoms with van der Waals surface area (Å²) in [6, 6.07) is -0.922. The lowest BCUT2D eigenvalue weighted by Crippen LogP contribution is -2.64. The third kappa shape index (κ3) is 5.70. The molecule has 1 rings (SSSR count). The monoisotopic (exact) mass is 355 g/mol. The lowest BCUT2D eigenvalue weighted by atomic mass is 10.0. The van der Waals surface area contributed by atoms with Gasteiger partial charge in [0.1, 0.15) is 0 Å². The van der Waals surface area contributed by atoms with Gasteiger partial charge in [0.05, 0.1) is 12.5 Å². The van der Waals surface area contributed by atoms with Crippen molar-refractivity contribution in [2.24, 2.45) is 0 Å². The molecule has 1 aliphatic heterocycles. The van der Waals surface area contributed by atoms with Crippen molar-refractivity contribution in [3.63, 3.8) is 0 Å². The molecule has 0 bridgehead atoms. The van der Waals surface area contributed by atoms with E-state index in [2.05, 4.69) is 17.6 Å². The molecule has 0 aromatic carbocycles. The van der Waals surface area contributed by atoms with Crippen LogP contribution in [0.25, 0.3) is 0 Å². The predicted molar refractivity (Wildman–Crippen MR) is 95.6 cm³/mol. The van der Waals surface area contributed by atoms with Crippen molar-refractivity contribution in [3.05, 3.63) is 0 Å². The molecule has 25 heavy (non-hydrogen) atoms. The number of carbonyl (C=O) groups is 3. The Bertz CT molecular complexity index is 469. The molecule has 3 amide bonds. The molecule has 1 unspecified atom stereocenters. The van der Waals surface area contributed by atoms with Crippen LogP contribution >= 0.6 is 0 Å². The molecule has 1 saturated heterocycles. The van der Waals surface area contributed by atoms with Crippen molar-refractivity contribution < 1.29 is 19.5 Å². The van der Waals surface area contributed by atoms with Gasteiger partial charge in [-0.3, -0.25) is 14.4 Å². The van der Waals surface area contributed by atoms with E-state index < -0.39 is 17.7 Å². The summed E-state index contributed by atoms with van der Waals surface area (Å²) in [5.41, 5.74) is -2.03. The Kier molecular flexibility index (Phi) is 8.89. The minimum absolute atomic E-state index is 0.0736. The van der Waals surface area contributed by atoms with Crippen molar-refractivity contribution in [2.75, 3.05) is 13.6 Å². The van der Waals surface area contributed by atoms with Gasteiger partial charge < -0.3 is 20.6 Å². The van der Waals surface area contributed by atoms with E-state index in [0.717, 1.165) is 49.8 Å². The number of carbonyl (C=O) groups excluding carboxylic acids is 3. The Hall–Kier alpha value is -1.63. The molecule has 3 N–H and O–H groups in total. The number of aliphatic hydroxyl groups is 1. The molecule has 144 valence electrons. The highest BCUT2D eigenvalue weighted by atomic mass is 16.3. The van der Waals surface area contributed by atoms with Crippen LogP contribution in [0.2, 0.25) is 0 Å². The molecule has 2 atom stereocenters. The van der Waals surface area contributed by atoms with Crippen LogP contribution in [0, 0.1) is 0 Å². The van der Waals surface area contributed by atoms with Gasteiger partial charge in [-0.25, -0.2) is 0 Å². The van der Waals surface area contributed by atoms with E-state index in [1.165, 1.54) is 7.05 Å². The lowest BCUT2D eigenvalue weighted by Gasteiger charge is -2.33. The zero-order valence-electron chi connectivity index (χ0n) is 15.8. The molecule has 7 heteroatoms. The molecular weight excluding hydrogens is 322 g/mol. The van der Waals surface area contributed by atoms with Gasteiger partial charge in [-0.15, -0.1) is 0 Å². The average Bonchev–Trinajstić information content (AvgIpc) is 2.79. The molecular formula is C18H33N3O4. The van der Waals surface area contributed by atoms with Gasteiger partial charge in [-0.2, -0.15) is 0 Å². The summed E-state index contributed by atoms with van der Waals surface area (Å²) < 4.78 is 0. The number of unbranched alkanes of at least 4 members (excludes halogenated alkanes) is 5. The van der Waals surface area contributed by atoms with Crippen LogP contribution in [0.15, 0.2) is 0 Å². The molecule has 1 fully saturated rings. The van der Waals surface area contributed by atoms with Gasteiger partial charge >= 0.3 is 0 Å². The predicted octanol–water partition coefficient (Wildman–Crippen LogP) is 1.30. The number of amides is 3. The second-order valence-electron chi connectivity index (χ2n) is 6.78. The van der Waals surface area contributed by atoms with E-state index in [1.807, 2.05) is 6.92 Å². The quantitative estimate of drug-likeness (QED) is 0.487. The zero-order chi connectivity index (χ0) is 18.9. The Balaban J connectivity index is 2.61. The first-order chi connectivity index (χ1) is 11.9. The molecule has 0 spiro atoms. The lowest BCUT2D eigenvalue weighted by molar-refractivity contribution is -0.165. The third-order valence-corrected chi connectivity index (χ3v) is 4.74. The molecule has 7 nitrogen and oxygen atoms in total. The van der Waals surface area contributed by atoms with Crippen molar-refractivity contribution in [1.82, 2.24) is 15.5 Å². The van der Waals surface area contributed by atoms with E-state index in [4.69, 9.17) is 0 Å². The van der Waals surface area contributed by atoms with Crippen LogP contribution < -0.4 is 10.6 Å². The highest BCUT2D eigenvalue weighted by molar-refractivity contribution is 5.95. The van der Waals surface area contributed by atoms with E-state index in [0.29, 0.717) is 13.0 Å². The van der Waals surface area contributed by atoms with Gasteiger partial charge in [0.25, 0.3) is 5.91 Å². The highest BCUT2D eigenvalue weighted by Gasteiger charge is 2.56. The van der Waals surface area contributed by atoms with Gasteiger partial charge in [0, 0.05) is 20.0 Å². The van der Waals surface area contributed by atoms with Crippen LogP contribution in [-0.2, 0) is 14.4 Å². The largest absolute Gasteiger partial charge is 0.361 e. The highest BCUT2D eigenvalue weighted by Crippen LogP contribution is 2.27. The van der Waals surface area contributed by atoms with Gasteiger partial charge in [0.2, 0.25) is 17.5 Å². The standard InChI is InChI=1S/C18H33N3O4/c1-4-6-8-9-10-11-15(22)20-14-13-16(23)21(3)18(14,25)17(24)19-12-7-5-2/h14,25H,4-13H2,1-3H3,(H,19,24)(H,20,22)/t14-,18?/m1/s1. The second-order valence-corrected chi connectivity index (χ2v) is 6.78. The zero-order valence-corrected chi connectivity index (χ0v) is 15.8. The molecule has 0 saturated carbocycles. The number of likely N-dealkylation sites (N-methyl/N-ethyl adjacent to an activating group) is 1. The first-order valence-electron chi connectivity index (χ1n) is 9.44. The maximum atomic E-state index is 12.4. The first-order valence-corrected chi connectivity index (χ1v) is 9.44. The summed E-state index contributed by atoms with van der Waals surface area (Å²) in [5, 5.41) is 16.2. The fourth-order valence-corrected chi connectivity index (χ4v) is 3.00. The number of hydrogen-bond acceptors (Lipinski definition) is 4. The summed E-state index contributed by atoms with van der Waals surface area (Å²) in [6.07, 6.45) is 7.10. The maximum Gasteiger partial charge on any atom is 0.275 e. The fraction of sp³-hybridized carbons (Fsp3) is 0.833.